The number of hydrogen-bond acceptors (Lipinski definition) is 6. The molecule has 4 rings (SSSR count). The fourth-order valence-electron chi connectivity index (χ4n) is 4.48. The molecule has 178 valence electrons. The number of amides is 2. The molecule has 9 heteroatoms. The quantitative estimate of drug-likeness (QED) is 0.615. The van der Waals surface area contributed by atoms with Crippen LogP contribution in [0.4, 0.5) is 11.4 Å². The molecule has 2 amide bonds. The third-order valence-electron chi connectivity index (χ3n) is 6.41. The van der Waals surface area contributed by atoms with Crippen LogP contribution in [0, 0.1) is 17.2 Å². The molecule has 2 aromatic carbocycles. The van der Waals surface area contributed by atoms with Gasteiger partial charge in [0.25, 0.3) is 0 Å². The number of benzene rings is 2. The smallest absolute Gasteiger partial charge is 0.236 e. The van der Waals surface area contributed by atoms with Gasteiger partial charge in [-0.15, -0.1) is 0 Å². The second-order valence-electron chi connectivity index (χ2n) is 8.75. The van der Waals surface area contributed by atoms with Crippen molar-refractivity contribution in [1.82, 2.24) is 9.80 Å². The van der Waals surface area contributed by atoms with Gasteiger partial charge in [-0.3, -0.25) is 14.5 Å². The highest BCUT2D eigenvalue weighted by molar-refractivity contribution is 6.32. The Balaban J connectivity index is 1.23. The van der Waals surface area contributed by atoms with Crippen molar-refractivity contribution in [1.29, 1.82) is 5.26 Å². The van der Waals surface area contributed by atoms with Crippen LogP contribution in [0.25, 0.3) is 0 Å². The van der Waals surface area contributed by atoms with Crippen LogP contribution in [0.5, 0.6) is 5.75 Å². The maximum Gasteiger partial charge on any atom is 0.236 e. The lowest BCUT2D eigenvalue weighted by Gasteiger charge is -2.37. The van der Waals surface area contributed by atoms with Gasteiger partial charge in [-0.1, -0.05) is 23.7 Å². The molecule has 8 nitrogen and oxygen atoms in total. The number of nitrogens with zero attached hydrogens (tertiary/aromatic N) is 4. The normalized spacial score (nSPS) is 18.5. The van der Waals surface area contributed by atoms with Crippen molar-refractivity contribution < 1.29 is 14.7 Å². The summed E-state index contributed by atoms with van der Waals surface area (Å²) in [6, 6.07) is 14.8. The van der Waals surface area contributed by atoms with E-state index in [1.165, 1.54) is 12.1 Å². The van der Waals surface area contributed by atoms with Gasteiger partial charge in [-0.2, -0.15) is 5.26 Å². The van der Waals surface area contributed by atoms with Crippen LogP contribution >= 0.6 is 11.6 Å². The van der Waals surface area contributed by atoms with Crippen LogP contribution in [-0.2, 0) is 16.0 Å². The lowest BCUT2D eigenvalue weighted by Crippen LogP contribution is -2.51. The number of anilines is 2. The van der Waals surface area contributed by atoms with E-state index in [0.29, 0.717) is 51.3 Å². The topological polar surface area (TPSA) is 99.9 Å². The number of likely N-dealkylation sites (tertiary alicyclic amines) is 1. The highest BCUT2D eigenvalue weighted by Gasteiger charge is 2.31. The van der Waals surface area contributed by atoms with Crippen LogP contribution in [0.15, 0.2) is 42.5 Å². The molecule has 2 aliphatic heterocycles. The second kappa shape index (κ2) is 10.8. The van der Waals surface area contributed by atoms with E-state index in [1.54, 1.807) is 6.07 Å². The van der Waals surface area contributed by atoms with Crippen LogP contribution in [0.1, 0.15) is 12.0 Å². The molecule has 2 saturated heterocycles. The third-order valence-corrected chi connectivity index (χ3v) is 6.71. The summed E-state index contributed by atoms with van der Waals surface area (Å²) in [5.41, 5.74) is 2.63. The molecule has 1 atom stereocenters. The number of halogens is 1. The van der Waals surface area contributed by atoms with E-state index in [1.807, 2.05) is 34.1 Å². The first-order valence-corrected chi connectivity index (χ1v) is 11.8. The summed E-state index contributed by atoms with van der Waals surface area (Å²) in [6.07, 6.45) is 1.08. The SMILES string of the molecule is N#CCc1cccc(N2CCN(C(=O)CN3CCC(C(=O)Nc4ccc(O)c(Cl)c4)C3)CC2)c1. The maximum atomic E-state index is 12.9. The number of rotatable bonds is 6. The number of carbonyl (C=O) groups excluding carboxylic acids is 2. The first-order chi connectivity index (χ1) is 16.4. The maximum absolute atomic E-state index is 12.9. The molecule has 2 aliphatic rings. The number of carbonyl (C=O) groups is 2. The standard InChI is InChI=1S/C25H28ClN5O3/c26-22-15-20(4-5-23(22)32)28-25(34)19-7-9-29(16-19)17-24(33)31-12-10-30(11-13-31)21-3-1-2-18(14-21)6-8-27/h1-5,14-15,19,32H,6-7,9-13,16-17H2,(H,28,34). The van der Waals surface area contributed by atoms with E-state index in [9.17, 15) is 14.7 Å². The van der Waals surface area contributed by atoms with Gasteiger partial charge in [0.05, 0.1) is 30.0 Å². The van der Waals surface area contributed by atoms with Crippen molar-refractivity contribution in [2.24, 2.45) is 5.92 Å². The van der Waals surface area contributed by atoms with E-state index in [0.717, 1.165) is 24.3 Å². The van der Waals surface area contributed by atoms with Crippen molar-refractivity contribution in [3.05, 3.63) is 53.1 Å². The van der Waals surface area contributed by atoms with Gasteiger partial charge < -0.3 is 20.2 Å². The molecule has 2 N–H and O–H groups in total. The average Bonchev–Trinajstić information content (AvgIpc) is 3.31. The van der Waals surface area contributed by atoms with Gasteiger partial charge in [0.1, 0.15) is 5.75 Å². The Hall–Kier alpha value is -3.28. The minimum Gasteiger partial charge on any atom is -0.506 e. The van der Waals surface area contributed by atoms with Gasteiger partial charge in [-0.25, -0.2) is 0 Å². The van der Waals surface area contributed by atoms with E-state index in [-0.39, 0.29) is 28.5 Å². The molecule has 0 spiro atoms. The number of nitrogens with one attached hydrogen (secondary N) is 1. The second-order valence-corrected chi connectivity index (χ2v) is 9.16. The number of nitriles is 1. The summed E-state index contributed by atoms with van der Waals surface area (Å²) >= 11 is 5.91. The number of phenols is 1. The molecular weight excluding hydrogens is 454 g/mol. The molecule has 0 bridgehead atoms. The molecular formula is C25H28ClN5O3. The Labute approximate surface area is 204 Å². The lowest BCUT2D eigenvalue weighted by molar-refractivity contribution is -0.132. The van der Waals surface area contributed by atoms with Crippen LogP contribution < -0.4 is 10.2 Å². The fraction of sp³-hybridized carbons (Fsp3) is 0.400. The Morgan fingerprint density at radius 2 is 1.91 bits per heavy atom. The summed E-state index contributed by atoms with van der Waals surface area (Å²) in [5, 5.41) is 21.5. The molecule has 2 fully saturated rings. The molecule has 0 radical (unpaired) electrons. The number of piperazine rings is 1. The summed E-state index contributed by atoms with van der Waals surface area (Å²) < 4.78 is 0. The van der Waals surface area contributed by atoms with Crippen molar-refractivity contribution in [2.75, 3.05) is 56.0 Å². The van der Waals surface area contributed by atoms with Crippen LogP contribution in [0.3, 0.4) is 0 Å². The minimum absolute atomic E-state index is 0.0291. The molecule has 2 heterocycles. The van der Waals surface area contributed by atoms with Crippen molar-refractivity contribution in [2.45, 2.75) is 12.8 Å². The molecule has 0 saturated carbocycles. The van der Waals surface area contributed by atoms with Gasteiger partial charge in [0.15, 0.2) is 0 Å². The molecule has 2 aromatic rings. The minimum atomic E-state index is -0.196. The Morgan fingerprint density at radius 1 is 1.12 bits per heavy atom. The highest BCUT2D eigenvalue weighted by Crippen LogP contribution is 2.27. The molecule has 0 aromatic heterocycles. The van der Waals surface area contributed by atoms with E-state index in [2.05, 4.69) is 16.3 Å². The Bertz CT molecular complexity index is 1090. The zero-order valence-electron chi connectivity index (χ0n) is 18.9. The average molecular weight is 482 g/mol. The van der Waals surface area contributed by atoms with Crippen molar-refractivity contribution in [3.63, 3.8) is 0 Å². The predicted octanol–water partition coefficient (Wildman–Crippen LogP) is 2.72. The van der Waals surface area contributed by atoms with Crippen LogP contribution in [-0.4, -0.2) is 72.5 Å². The summed E-state index contributed by atoms with van der Waals surface area (Å²) in [6.45, 7) is 4.36. The zero-order valence-corrected chi connectivity index (χ0v) is 19.7. The lowest BCUT2D eigenvalue weighted by atomic mass is 10.1. The third kappa shape index (κ3) is 5.79. The van der Waals surface area contributed by atoms with Crippen molar-refractivity contribution >= 4 is 34.8 Å². The largest absolute Gasteiger partial charge is 0.506 e. The Kier molecular flexibility index (Phi) is 7.56. The van der Waals surface area contributed by atoms with Crippen molar-refractivity contribution in [3.8, 4) is 11.8 Å². The highest BCUT2D eigenvalue weighted by atomic mass is 35.5. The molecule has 1 unspecified atom stereocenters. The zero-order chi connectivity index (χ0) is 24.1. The van der Waals surface area contributed by atoms with Gasteiger partial charge in [0.2, 0.25) is 11.8 Å². The monoisotopic (exact) mass is 481 g/mol. The van der Waals surface area contributed by atoms with Gasteiger partial charge in [0, 0.05) is 44.1 Å². The van der Waals surface area contributed by atoms with Crippen LogP contribution in [0.2, 0.25) is 5.02 Å². The van der Waals surface area contributed by atoms with E-state index < -0.39 is 0 Å². The van der Waals surface area contributed by atoms with Gasteiger partial charge >= 0.3 is 0 Å². The first kappa shape index (κ1) is 23.9. The number of phenolic OH excluding ortho intramolecular Hbond substituents is 1. The summed E-state index contributed by atoms with van der Waals surface area (Å²) in [4.78, 5) is 31.7. The summed E-state index contributed by atoms with van der Waals surface area (Å²) in [5.74, 6) is -0.246. The molecule has 0 aliphatic carbocycles. The fourth-order valence-corrected chi connectivity index (χ4v) is 4.66. The van der Waals surface area contributed by atoms with E-state index in [4.69, 9.17) is 16.9 Å². The first-order valence-electron chi connectivity index (χ1n) is 11.4. The Morgan fingerprint density at radius 3 is 2.65 bits per heavy atom. The number of aromatic hydroxyl groups is 1. The predicted molar refractivity (Wildman–Crippen MR) is 131 cm³/mol. The summed E-state index contributed by atoms with van der Waals surface area (Å²) in [7, 11) is 0. The molecule has 34 heavy (non-hydrogen) atoms. The van der Waals surface area contributed by atoms with E-state index >= 15 is 0 Å². The van der Waals surface area contributed by atoms with Gasteiger partial charge in [-0.05, 0) is 48.9 Å². The number of hydrogen-bond donors (Lipinski definition) is 2.